The molecule has 0 aliphatic carbocycles. The summed E-state index contributed by atoms with van der Waals surface area (Å²) >= 11 is 0. The standard InChI is InChI=1S/C28H54O4/c1-5-7-23-31-27(29)22-20-18-16-14-12-10-9-11-13-15-17-19-21-25(3)26(4)28(30)32-24-8-6-2/h25-26H,5-24H2,1-4H3. The summed E-state index contributed by atoms with van der Waals surface area (Å²) in [7, 11) is 0. The molecule has 2 atom stereocenters. The van der Waals surface area contributed by atoms with E-state index in [1.54, 1.807) is 0 Å². The van der Waals surface area contributed by atoms with Crippen molar-refractivity contribution in [2.45, 2.75) is 143 Å². The Morgan fingerprint density at radius 1 is 0.594 bits per heavy atom. The second-order valence-corrected chi connectivity index (χ2v) is 9.64. The van der Waals surface area contributed by atoms with Crippen molar-refractivity contribution in [3.05, 3.63) is 0 Å². The van der Waals surface area contributed by atoms with Gasteiger partial charge >= 0.3 is 11.9 Å². The molecule has 0 aliphatic rings. The summed E-state index contributed by atoms with van der Waals surface area (Å²) in [5, 5.41) is 0. The largest absolute Gasteiger partial charge is 0.466 e. The van der Waals surface area contributed by atoms with Crippen molar-refractivity contribution in [2.75, 3.05) is 13.2 Å². The van der Waals surface area contributed by atoms with Crippen LogP contribution in [-0.4, -0.2) is 25.2 Å². The van der Waals surface area contributed by atoms with Crippen molar-refractivity contribution in [2.24, 2.45) is 11.8 Å². The summed E-state index contributed by atoms with van der Waals surface area (Å²) in [5.74, 6) is 0.394. The first-order valence-electron chi connectivity index (χ1n) is 13.8. The number of rotatable bonds is 23. The minimum absolute atomic E-state index is 0.0177. The lowest BCUT2D eigenvalue weighted by atomic mass is 9.90. The molecule has 0 aromatic heterocycles. The van der Waals surface area contributed by atoms with Crippen LogP contribution in [0.2, 0.25) is 0 Å². The molecule has 4 nitrogen and oxygen atoms in total. The predicted molar refractivity (Wildman–Crippen MR) is 135 cm³/mol. The molecule has 190 valence electrons. The lowest BCUT2D eigenvalue weighted by molar-refractivity contribution is -0.150. The maximum Gasteiger partial charge on any atom is 0.308 e. The molecule has 32 heavy (non-hydrogen) atoms. The monoisotopic (exact) mass is 454 g/mol. The van der Waals surface area contributed by atoms with E-state index in [9.17, 15) is 9.59 Å². The van der Waals surface area contributed by atoms with Crippen LogP contribution in [-0.2, 0) is 19.1 Å². The van der Waals surface area contributed by atoms with Crippen LogP contribution in [0.3, 0.4) is 0 Å². The molecule has 2 unspecified atom stereocenters. The van der Waals surface area contributed by atoms with Crippen molar-refractivity contribution in [1.82, 2.24) is 0 Å². The molecule has 0 N–H and O–H groups in total. The van der Waals surface area contributed by atoms with Crippen LogP contribution >= 0.6 is 0 Å². The number of carbonyl (C=O) groups is 2. The molecule has 0 saturated heterocycles. The van der Waals surface area contributed by atoms with Crippen molar-refractivity contribution in [3.8, 4) is 0 Å². The zero-order valence-corrected chi connectivity index (χ0v) is 21.9. The quantitative estimate of drug-likeness (QED) is 0.115. The van der Waals surface area contributed by atoms with E-state index in [0.717, 1.165) is 44.9 Å². The van der Waals surface area contributed by atoms with Crippen molar-refractivity contribution < 1.29 is 19.1 Å². The topological polar surface area (TPSA) is 52.6 Å². The van der Waals surface area contributed by atoms with Gasteiger partial charge in [-0.05, 0) is 31.6 Å². The fourth-order valence-corrected chi connectivity index (χ4v) is 3.84. The van der Waals surface area contributed by atoms with Gasteiger partial charge in [-0.2, -0.15) is 0 Å². The van der Waals surface area contributed by atoms with Gasteiger partial charge in [-0.25, -0.2) is 0 Å². The highest BCUT2D eigenvalue weighted by Gasteiger charge is 2.21. The molecule has 0 bridgehead atoms. The maximum atomic E-state index is 12.0. The molecule has 0 aromatic carbocycles. The molecule has 0 rings (SSSR count). The Bertz CT molecular complexity index is 435. The lowest BCUT2D eigenvalue weighted by Gasteiger charge is -2.18. The van der Waals surface area contributed by atoms with Crippen LogP contribution < -0.4 is 0 Å². The normalized spacial score (nSPS) is 13.0. The highest BCUT2D eigenvalue weighted by Crippen LogP contribution is 2.21. The summed E-state index contributed by atoms with van der Waals surface area (Å²) in [4.78, 5) is 23.5. The first-order chi connectivity index (χ1) is 15.5. The first kappa shape index (κ1) is 30.9. The fourth-order valence-electron chi connectivity index (χ4n) is 3.84. The average Bonchev–Trinajstić information content (AvgIpc) is 2.78. The number of unbranched alkanes of at least 4 members (excludes halogenated alkanes) is 13. The smallest absolute Gasteiger partial charge is 0.308 e. The number of ether oxygens (including phenoxy) is 2. The molecular formula is C28H54O4. The van der Waals surface area contributed by atoms with Crippen LogP contribution in [0.4, 0.5) is 0 Å². The highest BCUT2D eigenvalue weighted by molar-refractivity contribution is 5.72. The van der Waals surface area contributed by atoms with E-state index >= 15 is 0 Å². The number of carbonyl (C=O) groups excluding carboxylic acids is 2. The molecule has 0 aliphatic heterocycles. The van der Waals surface area contributed by atoms with Crippen LogP contribution in [0.15, 0.2) is 0 Å². The van der Waals surface area contributed by atoms with E-state index in [2.05, 4.69) is 20.8 Å². The molecular weight excluding hydrogens is 400 g/mol. The van der Waals surface area contributed by atoms with E-state index < -0.39 is 0 Å². The molecule has 0 aromatic rings. The highest BCUT2D eigenvalue weighted by atomic mass is 16.5. The summed E-state index contributed by atoms with van der Waals surface area (Å²) in [6.45, 7) is 9.58. The molecule has 4 heteroatoms. The molecule has 0 heterocycles. The lowest BCUT2D eigenvalue weighted by Crippen LogP contribution is -2.22. The third kappa shape index (κ3) is 19.6. The van der Waals surface area contributed by atoms with Crippen LogP contribution in [0, 0.1) is 11.8 Å². The number of esters is 2. The summed E-state index contributed by atoms with van der Waals surface area (Å²) in [5.41, 5.74) is 0. The van der Waals surface area contributed by atoms with Gasteiger partial charge in [0.1, 0.15) is 0 Å². The Kier molecular flexibility index (Phi) is 22.3. The average molecular weight is 455 g/mol. The SMILES string of the molecule is CCCCOC(=O)CCCCCCCCCCCCCCC(C)C(C)C(=O)OCCCC. The second kappa shape index (κ2) is 23.1. The van der Waals surface area contributed by atoms with Gasteiger partial charge < -0.3 is 9.47 Å². The van der Waals surface area contributed by atoms with E-state index in [1.807, 2.05) is 6.92 Å². The molecule has 0 saturated carbocycles. The maximum absolute atomic E-state index is 12.0. The molecule has 0 spiro atoms. The summed E-state index contributed by atoms with van der Waals surface area (Å²) in [6.07, 6.45) is 21.0. The summed E-state index contributed by atoms with van der Waals surface area (Å²) in [6, 6.07) is 0. The van der Waals surface area contributed by atoms with Gasteiger partial charge in [-0.3, -0.25) is 9.59 Å². The fraction of sp³-hybridized carbons (Fsp3) is 0.929. The Morgan fingerprint density at radius 3 is 1.53 bits per heavy atom. The van der Waals surface area contributed by atoms with Crippen LogP contribution in [0.1, 0.15) is 143 Å². The Balaban J connectivity index is 3.37. The van der Waals surface area contributed by atoms with Crippen molar-refractivity contribution in [3.63, 3.8) is 0 Å². The minimum Gasteiger partial charge on any atom is -0.466 e. The zero-order valence-electron chi connectivity index (χ0n) is 21.9. The van der Waals surface area contributed by atoms with Crippen molar-refractivity contribution in [1.29, 1.82) is 0 Å². The predicted octanol–water partition coefficient (Wildman–Crippen LogP) is 8.41. The van der Waals surface area contributed by atoms with Gasteiger partial charge in [0.05, 0.1) is 19.1 Å². The van der Waals surface area contributed by atoms with Gasteiger partial charge in [-0.15, -0.1) is 0 Å². The van der Waals surface area contributed by atoms with Gasteiger partial charge in [0.2, 0.25) is 0 Å². The molecule has 0 amide bonds. The van der Waals surface area contributed by atoms with E-state index in [0.29, 0.717) is 25.6 Å². The molecule has 0 radical (unpaired) electrons. The van der Waals surface area contributed by atoms with Gasteiger partial charge in [0.25, 0.3) is 0 Å². The van der Waals surface area contributed by atoms with E-state index in [-0.39, 0.29) is 17.9 Å². The first-order valence-corrected chi connectivity index (χ1v) is 13.8. The third-order valence-corrected chi connectivity index (χ3v) is 6.52. The van der Waals surface area contributed by atoms with E-state index in [4.69, 9.17) is 9.47 Å². The van der Waals surface area contributed by atoms with Gasteiger partial charge in [0, 0.05) is 6.42 Å². The van der Waals surface area contributed by atoms with Gasteiger partial charge in [-0.1, -0.05) is 111 Å². The second-order valence-electron chi connectivity index (χ2n) is 9.64. The van der Waals surface area contributed by atoms with Crippen LogP contribution in [0.5, 0.6) is 0 Å². The zero-order chi connectivity index (χ0) is 23.9. The Hall–Kier alpha value is -1.06. The molecule has 0 fully saturated rings. The van der Waals surface area contributed by atoms with Crippen molar-refractivity contribution >= 4 is 11.9 Å². The number of hydrogen-bond acceptors (Lipinski definition) is 4. The Morgan fingerprint density at radius 2 is 1.03 bits per heavy atom. The number of hydrogen-bond donors (Lipinski definition) is 0. The van der Waals surface area contributed by atoms with E-state index in [1.165, 1.54) is 64.2 Å². The Labute approximate surface area is 199 Å². The minimum atomic E-state index is -0.0210. The summed E-state index contributed by atoms with van der Waals surface area (Å²) < 4.78 is 10.5. The third-order valence-electron chi connectivity index (χ3n) is 6.52. The van der Waals surface area contributed by atoms with Gasteiger partial charge in [0.15, 0.2) is 0 Å². The van der Waals surface area contributed by atoms with Crippen LogP contribution in [0.25, 0.3) is 0 Å².